The number of benzene rings is 2. The number of aryl methyl sites for hydroxylation is 1. The Hall–Kier alpha value is -3.08. The molecule has 6 nitrogen and oxygen atoms in total. The largest absolute Gasteiger partial charge is 0.302 e. The molecule has 0 fully saturated rings. The van der Waals surface area contributed by atoms with E-state index in [1.54, 1.807) is 11.8 Å². The summed E-state index contributed by atoms with van der Waals surface area (Å²) in [4.78, 5) is 0. The molecule has 0 amide bonds. The zero-order valence-electron chi connectivity index (χ0n) is 16.6. The van der Waals surface area contributed by atoms with E-state index in [1.807, 2.05) is 66.2 Å². The fourth-order valence-corrected chi connectivity index (χ4v) is 4.39. The van der Waals surface area contributed by atoms with Crippen LogP contribution in [-0.4, -0.2) is 24.5 Å². The average molecular weight is 435 g/mol. The lowest BCUT2D eigenvalue weighted by atomic mass is 10.2. The molecule has 0 N–H and O–H groups in total. The van der Waals surface area contributed by atoms with Crippen molar-refractivity contribution in [1.82, 2.24) is 24.5 Å². The summed E-state index contributed by atoms with van der Waals surface area (Å²) >= 11 is 7.56. The SMILES string of the molecule is CCn1c(SCc2c(C#N)c(C)nn2-c2ccccc2)nnc1-c1ccc(Cl)cc1. The number of nitrogens with zero attached hydrogens (tertiary/aromatic N) is 6. The second kappa shape index (κ2) is 8.74. The third-order valence-corrected chi connectivity index (χ3v) is 5.97. The lowest BCUT2D eigenvalue weighted by Crippen LogP contribution is -2.03. The lowest BCUT2D eigenvalue weighted by molar-refractivity contribution is 0.687. The van der Waals surface area contributed by atoms with Gasteiger partial charge in [-0.3, -0.25) is 0 Å². The molecule has 0 aliphatic heterocycles. The zero-order chi connectivity index (χ0) is 21.1. The van der Waals surface area contributed by atoms with E-state index in [-0.39, 0.29) is 0 Å². The highest BCUT2D eigenvalue weighted by molar-refractivity contribution is 7.98. The van der Waals surface area contributed by atoms with Crippen LogP contribution < -0.4 is 0 Å². The number of thioether (sulfide) groups is 1. The maximum absolute atomic E-state index is 9.68. The Balaban J connectivity index is 1.66. The van der Waals surface area contributed by atoms with Gasteiger partial charge in [0.05, 0.1) is 22.6 Å². The van der Waals surface area contributed by atoms with Crippen LogP contribution in [0.1, 0.15) is 23.9 Å². The smallest absolute Gasteiger partial charge is 0.191 e. The molecule has 4 rings (SSSR count). The van der Waals surface area contributed by atoms with Crippen LogP contribution in [-0.2, 0) is 12.3 Å². The van der Waals surface area contributed by atoms with Gasteiger partial charge in [-0.15, -0.1) is 10.2 Å². The Kier molecular flexibility index (Phi) is 5.88. The van der Waals surface area contributed by atoms with Gasteiger partial charge in [-0.1, -0.05) is 41.6 Å². The second-order valence-corrected chi connectivity index (χ2v) is 7.99. The molecule has 0 saturated heterocycles. The summed E-state index contributed by atoms with van der Waals surface area (Å²) in [5, 5.41) is 24.5. The first kappa shape index (κ1) is 20.2. The summed E-state index contributed by atoms with van der Waals surface area (Å²) in [6.07, 6.45) is 0. The minimum atomic E-state index is 0.553. The van der Waals surface area contributed by atoms with Crippen molar-refractivity contribution >= 4 is 23.4 Å². The molecule has 2 heterocycles. The molecule has 0 saturated carbocycles. The van der Waals surface area contributed by atoms with Crippen molar-refractivity contribution in [2.75, 3.05) is 0 Å². The molecule has 4 aromatic rings. The van der Waals surface area contributed by atoms with Gasteiger partial charge in [0.1, 0.15) is 6.07 Å². The number of nitriles is 1. The van der Waals surface area contributed by atoms with Crippen LogP contribution in [0.15, 0.2) is 59.8 Å². The first-order chi connectivity index (χ1) is 14.6. The van der Waals surface area contributed by atoms with Crippen molar-refractivity contribution < 1.29 is 0 Å². The van der Waals surface area contributed by atoms with Crippen LogP contribution in [0.4, 0.5) is 0 Å². The van der Waals surface area contributed by atoms with Crippen LogP contribution in [0.2, 0.25) is 5.02 Å². The van der Waals surface area contributed by atoms with Gasteiger partial charge in [0.25, 0.3) is 0 Å². The maximum atomic E-state index is 9.68. The molecule has 0 unspecified atom stereocenters. The third kappa shape index (κ3) is 3.84. The first-order valence-electron chi connectivity index (χ1n) is 9.48. The third-order valence-electron chi connectivity index (χ3n) is 4.74. The molecule has 0 atom stereocenters. The molecule has 30 heavy (non-hydrogen) atoms. The quantitative estimate of drug-likeness (QED) is 0.386. The first-order valence-corrected chi connectivity index (χ1v) is 10.8. The van der Waals surface area contributed by atoms with Gasteiger partial charge < -0.3 is 4.57 Å². The molecule has 150 valence electrons. The van der Waals surface area contributed by atoms with E-state index in [9.17, 15) is 5.26 Å². The number of hydrogen-bond acceptors (Lipinski definition) is 5. The standard InChI is InChI=1S/C22H19ClN6S/c1-3-28-21(16-9-11-17(23)12-10-16)25-26-22(28)30-14-20-19(13-24)15(2)27-29(20)18-7-5-4-6-8-18/h4-12H,3,14H2,1-2H3. The number of aromatic nitrogens is 5. The van der Waals surface area contributed by atoms with Crippen molar-refractivity contribution in [1.29, 1.82) is 5.26 Å². The van der Waals surface area contributed by atoms with E-state index < -0.39 is 0 Å². The molecular formula is C22H19ClN6S. The summed E-state index contributed by atoms with van der Waals surface area (Å²) in [6, 6.07) is 19.7. The van der Waals surface area contributed by atoms with Crippen molar-refractivity contribution in [3.63, 3.8) is 0 Å². The summed E-state index contributed by atoms with van der Waals surface area (Å²) in [6.45, 7) is 4.65. The van der Waals surface area contributed by atoms with Gasteiger partial charge >= 0.3 is 0 Å². The number of halogens is 1. The number of rotatable bonds is 6. The Morgan fingerprint density at radius 1 is 1.07 bits per heavy atom. The molecule has 0 aliphatic carbocycles. The van der Waals surface area contributed by atoms with Crippen LogP contribution in [0.5, 0.6) is 0 Å². The number of hydrogen-bond donors (Lipinski definition) is 0. The molecule has 8 heteroatoms. The van der Waals surface area contributed by atoms with Crippen LogP contribution in [0.3, 0.4) is 0 Å². The van der Waals surface area contributed by atoms with Crippen molar-refractivity contribution in [3.8, 4) is 23.1 Å². The molecule has 0 radical (unpaired) electrons. The molecule has 2 aromatic heterocycles. The monoisotopic (exact) mass is 434 g/mol. The number of para-hydroxylation sites is 1. The average Bonchev–Trinajstić information content (AvgIpc) is 3.33. The summed E-state index contributed by atoms with van der Waals surface area (Å²) in [5.74, 6) is 1.35. The highest BCUT2D eigenvalue weighted by Gasteiger charge is 2.19. The highest BCUT2D eigenvalue weighted by Crippen LogP contribution is 2.29. The Bertz CT molecular complexity index is 1210. The Morgan fingerprint density at radius 3 is 2.47 bits per heavy atom. The molecule has 0 bridgehead atoms. The zero-order valence-corrected chi connectivity index (χ0v) is 18.2. The summed E-state index contributed by atoms with van der Waals surface area (Å²) in [7, 11) is 0. The van der Waals surface area contributed by atoms with Crippen molar-refractivity contribution in [2.45, 2.75) is 31.3 Å². The van der Waals surface area contributed by atoms with Crippen LogP contribution >= 0.6 is 23.4 Å². The highest BCUT2D eigenvalue weighted by atomic mass is 35.5. The fraction of sp³-hybridized carbons (Fsp3) is 0.182. The van der Waals surface area contributed by atoms with E-state index in [2.05, 4.69) is 32.9 Å². The molecule has 0 aliphatic rings. The van der Waals surface area contributed by atoms with E-state index in [1.165, 1.54) is 0 Å². The minimum absolute atomic E-state index is 0.553. The summed E-state index contributed by atoms with van der Waals surface area (Å²) in [5.41, 5.74) is 4.06. The van der Waals surface area contributed by atoms with Crippen LogP contribution in [0, 0.1) is 18.3 Å². The molecule has 0 spiro atoms. The molecular weight excluding hydrogens is 416 g/mol. The van der Waals surface area contributed by atoms with E-state index >= 15 is 0 Å². The van der Waals surface area contributed by atoms with E-state index in [4.69, 9.17) is 11.6 Å². The summed E-state index contributed by atoms with van der Waals surface area (Å²) < 4.78 is 3.91. The normalized spacial score (nSPS) is 10.9. The Labute approximate surface area is 184 Å². The van der Waals surface area contributed by atoms with E-state index in [0.717, 1.165) is 40.2 Å². The maximum Gasteiger partial charge on any atom is 0.191 e. The second-order valence-electron chi connectivity index (χ2n) is 6.61. The van der Waals surface area contributed by atoms with Gasteiger partial charge in [0, 0.05) is 22.9 Å². The van der Waals surface area contributed by atoms with Gasteiger partial charge in [-0.05, 0) is 50.2 Å². The fourth-order valence-electron chi connectivity index (χ4n) is 3.26. The predicted molar refractivity (Wildman–Crippen MR) is 119 cm³/mol. The van der Waals surface area contributed by atoms with Gasteiger partial charge in [0.15, 0.2) is 11.0 Å². The van der Waals surface area contributed by atoms with Gasteiger partial charge in [0.2, 0.25) is 0 Å². The van der Waals surface area contributed by atoms with Crippen LogP contribution in [0.25, 0.3) is 17.1 Å². The van der Waals surface area contributed by atoms with E-state index in [0.29, 0.717) is 16.3 Å². The van der Waals surface area contributed by atoms with Gasteiger partial charge in [-0.2, -0.15) is 10.4 Å². The van der Waals surface area contributed by atoms with Crippen molar-refractivity contribution in [2.24, 2.45) is 0 Å². The van der Waals surface area contributed by atoms with Gasteiger partial charge in [-0.25, -0.2) is 4.68 Å². The minimum Gasteiger partial charge on any atom is -0.302 e. The Morgan fingerprint density at radius 2 is 1.80 bits per heavy atom. The molecule has 2 aromatic carbocycles. The lowest BCUT2D eigenvalue weighted by Gasteiger charge is -2.09. The van der Waals surface area contributed by atoms with Crippen molar-refractivity contribution in [3.05, 3.63) is 76.6 Å². The topological polar surface area (TPSA) is 72.3 Å². The predicted octanol–water partition coefficient (Wildman–Crippen LogP) is 5.28.